The molecule has 0 aliphatic heterocycles. The molecule has 0 bridgehead atoms. The summed E-state index contributed by atoms with van der Waals surface area (Å²) in [6.45, 7) is 7.59. The molecule has 0 aromatic heterocycles. The van der Waals surface area contributed by atoms with Crippen LogP contribution >= 0.6 is 0 Å². The SMILES string of the molecule is CCOC(=O)CC1(N(CC)CC)CCCC1S(C)(=O)=O. The summed E-state index contributed by atoms with van der Waals surface area (Å²) in [4.78, 5) is 14.1. The maximum Gasteiger partial charge on any atom is 0.307 e. The minimum Gasteiger partial charge on any atom is -0.466 e. The topological polar surface area (TPSA) is 63.7 Å². The lowest BCUT2D eigenvalue weighted by Crippen LogP contribution is -2.57. The summed E-state index contributed by atoms with van der Waals surface area (Å²) in [5.74, 6) is -0.296. The van der Waals surface area contributed by atoms with E-state index in [9.17, 15) is 13.2 Å². The summed E-state index contributed by atoms with van der Waals surface area (Å²) < 4.78 is 29.4. The predicted octanol–water partition coefficient (Wildman–Crippen LogP) is 1.62. The molecule has 0 aromatic carbocycles. The Morgan fingerprint density at radius 2 is 1.90 bits per heavy atom. The third-order valence-corrected chi connectivity index (χ3v) is 6.05. The van der Waals surface area contributed by atoms with E-state index >= 15 is 0 Å². The zero-order valence-corrected chi connectivity index (χ0v) is 13.8. The van der Waals surface area contributed by atoms with E-state index in [1.807, 2.05) is 13.8 Å². The molecule has 1 rings (SSSR count). The molecule has 0 aromatic rings. The van der Waals surface area contributed by atoms with E-state index in [2.05, 4.69) is 4.90 Å². The van der Waals surface area contributed by atoms with Crippen LogP contribution < -0.4 is 0 Å². The molecule has 1 aliphatic carbocycles. The number of sulfone groups is 1. The second kappa shape index (κ2) is 6.89. The van der Waals surface area contributed by atoms with Gasteiger partial charge in [0.15, 0.2) is 9.84 Å². The molecule has 1 saturated carbocycles. The lowest BCUT2D eigenvalue weighted by Gasteiger charge is -2.43. The van der Waals surface area contributed by atoms with Gasteiger partial charge in [0.25, 0.3) is 0 Å². The van der Waals surface area contributed by atoms with E-state index in [0.29, 0.717) is 13.0 Å². The summed E-state index contributed by atoms with van der Waals surface area (Å²) >= 11 is 0. The van der Waals surface area contributed by atoms with Crippen LogP contribution in [0.1, 0.15) is 46.5 Å². The number of carbonyl (C=O) groups excluding carboxylic acids is 1. The molecule has 6 heteroatoms. The molecule has 2 unspecified atom stereocenters. The van der Waals surface area contributed by atoms with Crippen LogP contribution in [0, 0.1) is 0 Å². The van der Waals surface area contributed by atoms with Crippen molar-refractivity contribution >= 4 is 15.8 Å². The van der Waals surface area contributed by atoms with E-state index in [4.69, 9.17) is 4.74 Å². The Morgan fingerprint density at radius 1 is 1.30 bits per heavy atom. The number of hydrogen-bond donors (Lipinski definition) is 0. The molecule has 2 atom stereocenters. The molecule has 1 aliphatic rings. The van der Waals surface area contributed by atoms with Gasteiger partial charge in [-0.2, -0.15) is 0 Å². The van der Waals surface area contributed by atoms with E-state index < -0.39 is 20.6 Å². The Labute approximate surface area is 122 Å². The van der Waals surface area contributed by atoms with Gasteiger partial charge in [-0.15, -0.1) is 0 Å². The minimum atomic E-state index is -3.19. The second-order valence-electron chi connectivity index (χ2n) is 5.47. The molecule has 0 radical (unpaired) electrons. The molecule has 1 fully saturated rings. The van der Waals surface area contributed by atoms with Crippen molar-refractivity contribution in [3.63, 3.8) is 0 Å². The van der Waals surface area contributed by atoms with E-state index in [1.54, 1.807) is 6.92 Å². The Kier molecular flexibility index (Phi) is 6.01. The highest BCUT2D eigenvalue weighted by Gasteiger charge is 2.52. The van der Waals surface area contributed by atoms with Gasteiger partial charge in [-0.3, -0.25) is 9.69 Å². The molecule has 0 saturated heterocycles. The van der Waals surface area contributed by atoms with Crippen LogP contribution in [-0.4, -0.2) is 56.0 Å². The number of carbonyl (C=O) groups is 1. The molecule has 0 N–H and O–H groups in total. The van der Waals surface area contributed by atoms with Gasteiger partial charge in [0.2, 0.25) is 0 Å². The minimum absolute atomic E-state index is 0.167. The zero-order chi connectivity index (χ0) is 15.4. The Balaban J connectivity index is 3.16. The van der Waals surface area contributed by atoms with Crippen LogP contribution in [0.3, 0.4) is 0 Å². The standard InChI is InChI=1S/C14H27NO4S/c1-5-15(6-2)14(11-13(16)19-7-3)10-8-9-12(14)20(4,17)18/h12H,5-11H2,1-4H3. The third kappa shape index (κ3) is 3.52. The number of ether oxygens (including phenoxy) is 1. The lowest BCUT2D eigenvalue weighted by atomic mass is 9.90. The van der Waals surface area contributed by atoms with Crippen molar-refractivity contribution in [2.75, 3.05) is 26.0 Å². The number of esters is 1. The van der Waals surface area contributed by atoms with Crippen molar-refractivity contribution in [3.05, 3.63) is 0 Å². The van der Waals surface area contributed by atoms with Crippen LogP contribution in [0.25, 0.3) is 0 Å². The molecular formula is C14H27NO4S. The van der Waals surface area contributed by atoms with Crippen molar-refractivity contribution in [3.8, 4) is 0 Å². The maximum atomic E-state index is 12.1. The molecule has 0 heterocycles. The predicted molar refractivity (Wildman–Crippen MR) is 79.4 cm³/mol. The molecule has 0 amide bonds. The van der Waals surface area contributed by atoms with Crippen LogP contribution in [0.2, 0.25) is 0 Å². The van der Waals surface area contributed by atoms with Gasteiger partial charge in [0.1, 0.15) is 0 Å². The first-order chi connectivity index (χ1) is 9.31. The number of hydrogen-bond acceptors (Lipinski definition) is 5. The van der Waals surface area contributed by atoms with Crippen molar-refractivity contribution in [1.82, 2.24) is 4.90 Å². The van der Waals surface area contributed by atoms with E-state index in [0.717, 1.165) is 25.9 Å². The highest BCUT2D eigenvalue weighted by Crippen LogP contribution is 2.42. The normalized spacial score (nSPS) is 26.9. The van der Waals surface area contributed by atoms with Gasteiger partial charge in [0, 0.05) is 11.8 Å². The molecule has 0 spiro atoms. The fourth-order valence-electron chi connectivity index (χ4n) is 3.63. The Morgan fingerprint density at radius 3 is 2.35 bits per heavy atom. The number of nitrogens with zero attached hydrogens (tertiary/aromatic N) is 1. The van der Waals surface area contributed by atoms with Gasteiger partial charge < -0.3 is 4.74 Å². The number of rotatable bonds is 7. The van der Waals surface area contributed by atoms with Crippen LogP contribution in [0.5, 0.6) is 0 Å². The zero-order valence-electron chi connectivity index (χ0n) is 13.0. The van der Waals surface area contributed by atoms with Gasteiger partial charge >= 0.3 is 5.97 Å². The highest BCUT2D eigenvalue weighted by atomic mass is 32.2. The fraction of sp³-hybridized carbons (Fsp3) is 0.929. The molecule has 5 nitrogen and oxygen atoms in total. The largest absolute Gasteiger partial charge is 0.466 e. The smallest absolute Gasteiger partial charge is 0.307 e. The summed E-state index contributed by atoms with van der Waals surface area (Å²) in [6.07, 6.45) is 3.67. The van der Waals surface area contributed by atoms with Crippen LogP contribution in [0.15, 0.2) is 0 Å². The summed E-state index contributed by atoms with van der Waals surface area (Å²) in [5.41, 5.74) is -0.594. The van der Waals surface area contributed by atoms with E-state index in [-0.39, 0.29) is 12.4 Å². The third-order valence-electron chi connectivity index (χ3n) is 4.34. The molecular weight excluding hydrogens is 278 g/mol. The molecule has 20 heavy (non-hydrogen) atoms. The fourth-order valence-corrected chi connectivity index (χ4v) is 5.37. The van der Waals surface area contributed by atoms with Crippen molar-refractivity contribution in [2.24, 2.45) is 0 Å². The van der Waals surface area contributed by atoms with Gasteiger partial charge in [-0.05, 0) is 32.9 Å². The van der Waals surface area contributed by atoms with E-state index in [1.165, 1.54) is 6.26 Å². The molecule has 118 valence electrons. The van der Waals surface area contributed by atoms with Gasteiger partial charge in [0.05, 0.1) is 18.3 Å². The van der Waals surface area contributed by atoms with Crippen molar-refractivity contribution < 1.29 is 17.9 Å². The van der Waals surface area contributed by atoms with Gasteiger partial charge in [-0.25, -0.2) is 8.42 Å². The lowest BCUT2D eigenvalue weighted by molar-refractivity contribution is -0.146. The summed E-state index contributed by atoms with van der Waals surface area (Å²) in [6, 6.07) is 0. The first-order valence-electron chi connectivity index (χ1n) is 7.41. The van der Waals surface area contributed by atoms with Crippen molar-refractivity contribution in [1.29, 1.82) is 0 Å². The maximum absolute atomic E-state index is 12.1. The monoisotopic (exact) mass is 305 g/mol. The Hall–Kier alpha value is -0.620. The average Bonchev–Trinajstić information content (AvgIpc) is 2.75. The Bertz CT molecular complexity index is 430. The van der Waals surface area contributed by atoms with Crippen molar-refractivity contribution in [2.45, 2.75) is 57.2 Å². The average molecular weight is 305 g/mol. The second-order valence-corrected chi connectivity index (χ2v) is 7.70. The van der Waals surface area contributed by atoms with Crippen LogP contribution in [-0.2, 0) is 19.4 Å². The first kappa shape index (κ1) is 17.4. The first-order valence-corrected chi connectivity index (χ1v) is 9.36. The quantitative estimate of drug-likeness (QED) is 0.669. The highest BCUT2D eigenvalue weighted by molar-refractivity contribution is 7.91. The summed E-state index contributed by atoms with van der Waals surface area (Å²) in [7, 11) is -3.19. The van der Waals surface area contributed by atoms with Crippen LogP contribution in [0.4, 0.5) is 0 Å². The summed E-state index contributed by atoms with van der Waals surface area (Å²) in [5, 5.41) is -0.473. The van der Waals surface area contributed by atoms with Gasteiger partial charge in [-0.1, -0.05) is 20.3 Å².